The van der Waals surface area contributed by atoms with E-state index in [4.69, 9.17) is 5.11 Å². The number of nitrogens with zero attached hydrogens (tertiary/aromatic N) is 1. The molecule has 1 unspecified atom stereocenters. The number of nitrogens with one attached hydrogen (secondary N) is 2. The number of carbonyl (C=O) groups excluding carboxylic acids is 1. The zero-order valence-electron chi connectivity index (χ0n) is 12.6. The summed E-state index contributed by atoms with van der Waals surface area (Å²) >= 11 is 0. The van der Waals surface area contributed by atoms with Crippen LogP contribution in [0.3, 0.4) is 0 Å². The van der Waals surface area contributed by atoms with Crippen LogP contribution in [0, 0.1) is 5.92 Å². The number of carboxylic acid groups (broad SMARTS) is 1. The van der Waals surface area contributed by atoms with Crippen molar-refractivity contribution in [1.29, 1.82) is 0 Å². The molecular weight excluding hydrogens is 246 g/mol. The molecule has 0 aliphatic carbocycles. The summed E-state index contributed by atoms with van der Waals surface area (Å²) in [4.78, 5) is 24.9. The van der Waals surface area contributed by atoms with Gasteiger partial charge in [0.1, 0.15) is 6.04 Å². The topological polar surface area (TPSA) is 81.7 Å². The highest BCUT2D eigenvalue weighted by Crippen LogP contribution is 2.01. The zero-order chi connectivity index (χ0) is 15.0. The second-order valence-corrected chi connectivity index (χ2v) is 5.06. The molecule has 0 bridgehead atoms. The van der Waals surface area contributed by atoms with Crippen LogP contribution in [0.4, 0.5) is 4.79 Å². The van der Waals surface area contributed by atoms with Crippen LogP contribution >= 0.6 is 0 Å². The predicted molar refractivity (Wildman–Crippen MR) is 75.2 cm³/mol. The Kier molecular flexibility index (Phi) is 8.14. The molecule has 0 saturated carbocycles. The van der Waals surface area contributed by atoms with Crippen molar-refractivity contribution in [2.45, 2.75) is 46.7 Å². The molecule has 0 heterocycles. The van der Waals surface area contributed by atoms with Crippen LogP contribution in [0.2, 0.25) is 0 Å². The Morgan fingerprint density at radius 1 is 1.11 bits per heavy atom. The molecule has 0 spiro atoms. The minimum atomic E-state index is -1.01. The van der Waals surface area contributed by atoms with Crippen molar-refractivity contribution < 1.29 is 14.7 Å². The summed E-state index contributed by atoms with van der Waals surface area (Å²) in [7, 11) is 0. The van der Waals surface area contributed by atoms with E-state index in [-0.39, 0.29) is 12.0 Å². The first-order valence-corrected chi connectivity index (χ1v) is 6.83. The van der Waals surface area contributed by atoms with Crippen LogP contribution in [-0.2, 0) is 4.79 Å². The van der Waals surface area contributed by atoms with Crippen molar-refractivity contribution >= 4 is 12.0 Å². The lowest BCUT2D eigenvalue weighted by Gasteiger charge is -2.25. The van der Waals surface area contributed by atoms with E-state index in [2.05, 4.69) is 29.4 Å². The minimum Gasteiger partial charge on any atom is -0.480 e. The third kappa shape index (κ3) is 7.00. The largest absolute Gasteiger partial charge is 0.480 e. The van der Waals surface area contributed by atoms with Crippen LogP contribution in [0.25, 0.3) is 0 Å². The molecule has 6 heteroatoms. The Bertz CT molecular complexity index is 291. The number of likely N-dealkylation sites (N-methyl/N-ethyl adjacent to an activating group) is 1. The van der Waals surface area contributed by atoms with Gasteiger partial charge < -0.3 is 20.6 Å². The molecule has 6 nitrogen and oxygen atoms in total. The fourth-order valence-electron chi connectivity index (χ4n) is 1.83. The van der Waals surface area contributed by atoms with Gasteiger partial charge in [0.2, 0.25) is 0 Å². The first-order chi connectivity index (χ1) is 8.81. The average molecular weight is 273 g/mol. The van der Waals surface area contributed by atoms with Crippen molar-refractivity contribution in [3.8, 4) is 0 Å². The van der Waals surface area contributed by atoms with E-state index in [9.17, 15) is 9.59 Å². The van der Waals surface area contributed by atoms with Crippen molar-refractivity contribution in [1.82, 2.24) is 15.5 Å². The predicted octanol–water partition coefficient (Wildman–Crippen LogP) is 1.13. The second kappa shape index (κ2) is 8.74. The fraction of sp³-hybridized carbons (Fsp3) is 0.846. The molecule has 3 N–H and O–H groups in total. The Morgan fingerprint density at radius 2 is 1.63 bits per heavy atom. The smallest absolute Gasteiger partial charge is 0.326 e. The van der Waals surface area contributed by atoms with Gasteiger partial charge in [0.25, 0.3) is 0 Å². The molecule has 0 rings (SSSR count). The van der Waals surface area contributed by atoms with Crippen molar-refractivity contribution in [2.75, 3.05) is 19.6 Å². The van der Waals surface area contributed by atoms with Crippen LogP contribution in [0.5, 0.6) is 0 Å². The summed E-state index contributed by atoms with van der Waals surface area (Å²) in [6, 6.07) is -1.32. The minimum absolute atomic E-state index is 0.0264. The molecule has 0 aromatic rings. The lowest BCUT2D eigenvalue weighted by molar-refractivity contribution is -0.140. The van der Waals surface area contributed by atoms with E-state index in [0.29, 0.717) is 0 Å². The second-order valence-electron chi connectivity index (χ2n) is 5.06. The van der Waals surface area contributed by atoms with E-state index >= 15 is 0 Å². The SMILES string of the molecule is CCN(CC)CC(C)NC(=O)N[C@H](C(=O)O)C(C)C. The zero-order valence-corrected chi connectivity index (χ0v) is 12.6. The summed E-state index contributed by atoms with van der Waals surface area (Å²) in [6.07, 6.45) is 0. The first-order valence-electron chi connectivity index (χ1n) is 6.83. The summed E-state index contributed by atoms with van der Waals surface area (Å²) in [5.41, 5.74) is 0. The number of hydrogen-bond donors (Lipinski definition) is 3. The molecular formula is C13H27N3O3. The maximum atomic E-state index is 11.7. The quantitative estimate of drug-likeness (QED) is 0.619. The van der Waals surface area contributed by atoms with Gasteiger partial charge in [-0.05, 0) is 25.9 Å². The molecule has 2 amide bonds. The molecule has 19 heavy (non-hydrogen) atoms. The summed E-state index contributed by atoms with van der Waals surface area (Å²) in [6.45, 7) is 12.2. The van der Waals surface area contributed by atoms with E-state index in [1.807, 2.05) is 6.92 Å². The molecule has 2 atom stereocenters. The van der Waals surface area contributed by atoms with Crippen molar-refractivity contribution in [3.63, 3.8) is 0 Å². The van der Waals surface area contributed by atoms with Gasteiger partial charge in [0.15, 0.2) is 0 Å². The highest BCUT2D eigenvalue weighted by molar-refractivity contribution is 5.82. The van der Waals surface area contributed by atoms with Gasteiger partial charge in [-0.1, -0.05) is 27.7 Å². The number of amides is 2. The maximum absolute atomic E-state index is 11.7. The summed E-state index contributed by atoms with van der Waals surface area (Å²) < 4.78 is 0. The van der Waals surface area contributed by atoms with Crippen LogP contribution < -0.4 is 10.6 Å². The third-order valence-corrected chi connectivity index (χ3v) is 3.02. The highest BCUT2D eigenvalue weighted by Gasteiger charge is 2.23. The van der Waals surface area contributed by atoms with Crippen LogP contribution in [-0.4, -0.2) is 53.7 Å². The lowest BCUT2D eigenvalue weighted by Crippen LogP contribution is -2.52. The molecule has 0 aliphatic rings. The van der Waals surface area contributed by atoms with Gasteiger partial charge in [-0.2, -0.15) is 0 Å². The van der Waals surface area contributed by atoms with Gasteiger partial charge in [-0.15, -0.1) is 0 Å². The monoisotopic (exact) mass is 273 g/mol. The van der Waals surface area contributed by atoms with Crippen molar-refractivity contribution in [3.05, 3.63) is 0 Å². The number of aliphatic carboxylic acids is 1. The number of carboxylic acids is 1. The fourth-order valence-corrected chi connectivity index (χ4v) is 1.83. The standard InChI is InChI=1S/C13H27N3O3/c1-6-16(7-2)8-10(5)14-13(19)15-11(9(3)4)12(17)18/h9-11H,6-8H2,1-5H3,(H,17,18)(H2,14,15,19)/t10?,11-/m0/s1. The molecule has 0 aromatic heterocycles. The molecule has 0 saturated heterocycles. The molecule has 0 radical (unpaired) electrons. The molecule has 112 valence electrons. The molecule has 0 fully saturated rings. The summed E-state index contributed by atoms with van der Waals surface area (Å²) in [5, 5.41) is 14.2. The Labute approximate surface area is 115 Å². The van der Waals surface area contributed by atoms with Gasteiger partial charge in [0, 0.05) is 12.6 Å². The van der Waals surface area contributed by atoms with E-state index in [0.717, 1.165) is 19.6 Å². The number of urea groups is 1. The maximum Gasteiger partial charge on any atom is 0.326 e. The normalized spacial score (nSPS) is 14.3. The number of carbonyl (C=O) groups is 2. The Balaban J connectivity index is 4.25. The lowest BCUT2D eigenvalue weighted by atomic mass is 10.1. The van der Waals surface area contributed by atoms with E-state index in [1.54, 1.807) is 13.8 Å². The Morgan fingerprint density at radius 3 is 2.00 bits per heavy atom. The highest BCUT2D eigenvalue weighted by atomic mass is 16.4. The van der Waals surface area contributed by atoms with Gasteiger partial charge in [0.05, 0.1) is 0 Å². The van der Waals surface area contributed by atoms with Crippen molar-refractivity contribution in [2.24, 2.45) is 5.92 Å². The molecule has 0 aliphatic heterocycles. The summed E-state index contributed by atoms with van der Waals surface area (Å²) in [5.74, 6) is -1.16. The number of hydrogen-bond acceptors (Lipinski definition) is 3. The van der Waals surface area contributed by atoms with E-state index < -0.39 is 18.0 Å². The number of rotatable bonds is 8. The van der Waals surface area contributed by atoms with Gasteiger partial charge in [-0.3, -0.25) is 0 Å². The van der Waals surface area contributed by atoms with Gasteiger partial charge in [-0.25, -0.2) is 9.59 Å². The van der Waals surface area contributed by atoms with Crippen LogP contribution in [0.1, 0.15) is 34.6 Å². The van der Waals surface area contributed by atoms with Gasteiger partial charge >= 0.3 is 12.0 Å². The van der Waals surface area contributed by atoms with E-state index in [1.165, 1.54) is 0 Å². The van der Waals surface area contributed by atoms with Crippen LogP contribution in [0.15, 0.2) is 0 Å². The Hall–Kier alpha value is -1.30. The third-order valence-electron chi connectivity index (χ3n) is 3.02. The first kappa shape index (κ1) is 17.7. The molecule has 0 aromatic carbocycles. The average Bonchev–Trinajstić information content (AvgIpc) is 2.32.